The minimum Gasteiger partial charge on any atom is -1.00 e. The number of carbonyl (C=O) groups excluding carboxylic acids is 1. The predicted octanol–water partition coefficient (Wildman–Crippen LogP) is 0.180. The van der Waals surface area contributed by atoms with Gasteiger partial charge in [0.2, 0.25) is 0 Å². The number of benzene rings is 1. The average molecular weight is 527 g/mol. The zero-order valence-electron chi connectivity index (χ0n) is 16.0. The number of allylic oxidation sites excluding steroid dienone is 2. The van der Waals surface area contributed by atoms with Gasteiger partial charge in [0.1, 0.15) is 18.5 Å². The van der Waals surface area contributed by atoms with Crippen molar-refractivity contribution in [3.63, 3.8) is 0 Å². The Balaban J connectivity index is 0.00000240. The molecule has 1 fully saturated rings. The number of carbonyl (C=O) groups is 1. The fourth-order valence-corrected chi connectivity index (χ4v) is 4.69. The summed E-state index contributed by atoms with van der Waals surface area (Å²) in [5.41, 5.74) is 3.39. The van der Waals surface area contributed by atoms with Crippen LogP contribution in [-0.2, 0) is 11.3 Å². The first-order chi connectivity index (χ1) is 13.7. The van der Waals surface area contributed by atoms with E-state index < -0.39 is 0 Å². The number of quaternary nitrogens is 1. The first kappa shape index (κ1) is 22.0. The molecule has 0 spiro atoms. The highest BCUT2D eigenvalue weighted by Gasteiger charge is 2.35. The summed E-state index contributed by atoms with van der Waals surface area (Å²) in [5.74, 6) is 0.982. The minimum absolute atomic E-state index is 0. The molecule has 0 bridgehead atoms. The maximum atomic E-state index is 11.9. The van der Waals surface area contributed by atoms with E-state index in [-0.39, 0.29) is 18.5 Å². The van der Waals surface area contributed by atoms with E-state index in [9.17, 15) is 4.79 Å². The Labute approximate surface area is 190 Å². The summed E-state index contributed by atoms with van der Waals surface area (Å²) in [5, 5.41) is 2.92. The lowest BCUT2D eigenvalue weighted by Crippen LogP contribution is -3.07. The van der Waals surface area contributed by atoms with Crippen molar-refractivity contribution in [2.75, 3.05) is 6.54 Å². The highest BCUT2D eigenvalue weighted by Crippen LogP contribution is 2.35. The quantitative estimate of drug-likeness (QED) is 0.425. The van der Waals surface area contributed by atoms with Gasteiger partial charge in [-0.25, -0.2) is 9.69 Å². The molecule has 0 saturated heterocycles. The summed E-state index contributed by atoms with van der Waals surface area (Å²) in [7, 11) is 0. The molecule has 6 nitrogen and oxygen atoms in total. The normalized spacial score (nSPS) is 25.1. The molecule has 2 aliphatic heterocycles. The first-order valence-electron chi connectivity index (χ1n) is 9.71. The van der Waals surface area contributed by atoms with E-state index in [2.05, 4.69) is 32.9 Å². The summed E-state index contributed by atoms with van der Waals surface area (Å²) in [6, 6.07) is 9.73. The largest absolute Gasteiger partial charge is 1.00 e. The molecule has 1 atom stereocenters. The molecule has 1 unspecified atom stereocenters. The number of hydrogen-bond donors (Lipinski definition) is 2. The number of amides is 1. The van der Waals surface area contributed by atoms with Gasteiger partial charge in [0.15, 0.2) is 5.70 Å². The molecule has 154 valence electrons. The molecule has 1 aliphatic carbocycles. The van der Waals surface area contributed by atoms with E-state index in [1.807, 2.05) is 48.9 Å². The lowest BCUT2D eigenvalue weighted by Gasteiger charge is -2.28. The van der Waals surface area contributed by atoms with Crippen molar-refractivity contribution < 1.29 is 26.8 Å². The summed E-state index contributed by atoms with van der Waals surface area (Å²) >= 11 is 2.31. The molecule has 2 heterocycles. The van der Waals surface area contributed by atoms with Crippen LogP contribution in [0.25, 0.3) is 0 Å². The van der Waals surface area contributed by atoms with Crippen LogP contribution in [0.2, 0.25) is 0 Å². The molecular weight excluding hydrogens is 503 g/mol. The van der Waals surface area contributed by atoms with E-state index in [4.69, 9.17) is 9.73 Å². The summed E-state index contributed by atoms with van der Waals surface area (Å²) in [6.45, 7) is 0.983. The van der Waals surface area contributed by atoms with Crippen LogP contribution in [0.4, 0.5) is 4.79 Å². The third-order valence-corrected chi connectivity index (χ3v) is 6.34. The van der Waals surface area contributed by atoms with Crippen molar-refractivity contribution in [3.05, 3.63) is 59.7 Å². The second-order valence-corrected chi connectivity index (χ2v) is 8.39. The Kier molecular flexibility index (Phi) is 7.85. The lowest BCUT2D eigenvalue weighted by atomic mass is 9.80. The number of fused-ring (bicyclic) bond motifs is 1. The number of aliphatic imine (C=N–C) groups is 2. The van der Waals surface area contributed by atoms with Crippen molar-refractivity contribution in [2.24, 2.45) is 21.8 Å². The average Bonchev–Trinajstić information content (AvgIpc) is 3.09. The number of nitrogens with zero attached hydrogens (tertiary/aromatic N) is 2. The third-order valence-electron chi connectivity index (χ3n) is 5.52. The first-order valence-corrected chi connectivity index (χ1v) is 10.8. The second kappa shape index (κ2) is 10.4. The molecule has 3 aliphatic rings. The number of amidine groups is 1. The molecule has 2 N–H and O–H groups in total. The van der Waals surface area contributed by atoms with Crippen LogP contribution >= 0.6 is 22.6 Å². The van der Waals surface area contributed by atoms with Gasteiger partial charge in [0.05, 0.1) is 35.0 Å². The Morgan fingerprint density at radius 3 is 2.72 bits per heavy atom. The molecular formula is C21H24ClIN4O2. The molecule has 0 aromatic heterocycles. The van der Waals surface area contributed by atoms with Crippen LogP contribution in [0, 0.1) is 11.8 Å². The minimum atomic E-state index is -0.338. The van der Waals surface area contributed by atoms with Gasteiger partial charge in [-0.3, -0.25) is 4.99 Å². The van der Waals surface area contributed by atoms with E-state index in [1.54, 1.807) is 0 Å². The smallest absolute Gasteiger partial charge is 0.407 e. The number of rotatable bonds is 5. The van der Waals surface area contributed by atoms with Gasteiger partial charge >= 0.3 is 6.09 Å². The van der Waals surface area contributed by atoms with Gasteiger partial charge < -0.3 is 22.5 Å². The zero-order valence-corrected chi connectivity index (χ0v) is 18.9. The van der Waals surface area contributed by atoms with E-state index in [0.29, 0.717) is 25.0 Å². The summed E-state index contributed by atoms with van der Waals surface area (Å²) in [6.07, 6.45) is 9.86. The summed E-state index contributed by atoms with van der Waals surface area (Å²) in [4.78, 5) is 22.2. The van der Waals surface area contributed by atoms with Gasteiger partial charge in [-0.2, -0.15) is 4.99 Å². The summed E-state index contributed by atoms with van der Waals surface area (Å²) < 4.78 is 6.36. The molecule has 8 heteroatoms. The monoisotopic (exact) mass is 526 g/mol. The number of hydrogen-bond acceptors (Lipinski definition) is 4. The van der Waals surface area contributed by atoms with Crippen molar-refractivity contribution >= 4 is 38.7 Å². The molecule has 29 heavy (non-hydrogen) atoms. The van der Waals surface area contributed by atoms with Crippen molar-refractivity contribution in [1.82, 2.24) is 5.32 Å². The lowest BCUT2D eigenvalue weighted by molar-refractivity contribution is -0.684. The molecule has 1 saturated carbocycles. The van der Waals surface area contributed by atoms with Crippen LogP contribution < -0.4 is 22.6 Å². The van der Waals surface area contributed by atoms with Gasteiger partial charge in [-0.1, -0.05) is 30.3 Å². The van der Waals surface area contributed by atoms with Gasteiger partial charge in [-0.15, -0.1) is 0 Å². The maximum absolute atomic E-state index is 11.9. The maximum Gasteiger partial charge on any atom is 0.407 e. The molecule has 4 rings (SSSR count). The van der Waals surface area contributed by atoms with E-state index in [0.717, 1.165) is 35.1 Å². The van der Waals surface area contributed by atoms with Gasteiger partial charge in [0.25, 0.3) is 3.84 Å². The highest BCUT2D eigenvalue weighted by molar-refractivity contribution is 14.1. The number of ether oxygens (including phenoxy) is 1. The SMILES string of the molecule is O=C(NCC1CCC(C2=C3C=NC=C[NH+]3C(I)=N2)CC1)OCc1ccccc1.[Cl-]. The van der Waals surface area contributed by atoms with Crippen LogP contribution in [0.1, 0.15) is 31.2 Å². The number of halogens is 2. The fraction of sp³-hybridized carbons (Fsp3) is 0.381. The van der Waals surface area contributed by atoms with Crippen LogP contribution in [-0.4, -0.2) is 22.7 Å². The second-order valence-electron chi connectivity index (χ2n) is 7.37. The van der Waals surface area contributed by atoms with Crippen molar-refractivity contribution in [3.8, 4) is 0 Å². The molecule has 1 aromatic rings. The zero-order chi connectivity index (χ0) is 19.3. The Hall–Kier alpha value is -1.71. The fourth-order valence-electron chi connectivity index (χ4n) is 3.96. The Morgan fingerprint density at radius 1 is 1.21 bits per heavy atom. The number of alkyl carbamates (subject to hydrolysis) is 1. The molecule has 1 amide bonds. The van der Waals surface area contributed by atoms with Crippen LogP contribution in [0.3, 0.4) is 0 Å². The standard InChI is InChI=1S/C21H23IN4O2.ClH/c22-20-25-19(18-13-23-10-11-26(18)20)17-8-6-15(7-9-17)12-24-21(27)28-14-16-4-2-1-3-5-16;/h1-5,10-11,13,15,17H,6-9,12,14H2,(H,24,27);1H. The third kappa shape index (κ3) is 5.46. The van der Waals surface area contributed by atoms with Crippen molar-refractivity contribution in [1.29, 1.82) is 0 Å². The number of nitrogens with one attached hydrogen (secondary N) is 2. The highest BCUT2D eigenvalue weighted by atomic mass is 127. The molecule has 1 aromatic carbocycles. The Bertz CT molecular complexity index is 845. The van der Waals surface area contributed by atoms with Gasteiger partial charge in [0, 0.05) is 12.5 Å². The van der Waals surface area contributed by atoms with Gasteiger partial charge in [-0.05, 0) is 37.2 Å². The van der Waals surface area contributed by atoms with Crippen molar-refractivity contribution in [2.45, 2.75) is 32.3 Å². The van der Waals surface area contributed by atoms with Crippen LogP contribution in [0.15, 0.2) is 64.1 Å². The Morgan fingerprint density at radius 2 is 1.97 bits per heavy atom. The van der Waals surface area contributed by atoms with E-state index in [1.165, 1.54) is 16.3 Å². The topological polar surface area (TPSA) is 67.5 Å². The van der Waals surface area contributed by atoms with E-state index >= 15 is 0 Å². The van der Waals surface area contributed by atoms with Crippen LogP contribution in [0.5, 0.6) is 0 Å². The molecule has 0 radical (unpaired) electrons. The predicted molar refractivity (Wildman–Crippen MR) is 117 cm³/mol.